The Bertz CT molecular complexity index is 884. The smallest absolute Gasteiger partial charge is 0.274 e. The van der Waals surface area contributed by atoms with Gasteiger partial charge in [-0.25, -0.2) is 0 Å². The van der Waals surface area contributed by atoms with Crippen LogP contribution in [-0.2, 0) is 4.74 Å². The topological polar surface area (TPSA) is 64.6 Å². The lowest BCUT2D eigenvalue weighted by molar-refractivity contribution is -0.147. The predicted octanol–water partition coefficient (Wildman–Crippen LogP) is 3.67. The molecule has 2 fully saturated rings. The minimum Gasteiger partial charge on any atom is -0.486 e. The van der Waals surface area contributed by atoms with Crippen LogP contribution < -0.4 is 4.74 Å². The molecule has 6 nitrogen and oxygen atoms in total. The minimum atomic E-state index is -0.301. The summed E-state index contributed by atoms with van der Waals surface area (Å²) in [4.78, 5) is 14.6. The van der Waals surface area contributed by atoms with Crippen molar-refractivity contribution in [3.05, 3.63) is 52.8 Å². The van der Waals surface area contributed by atoms with Crippen molar-refractivity contribution in [1.82, 2.24) is 15.1 Å². The zero-order valence-electron chi connectivity index (χ0n) is 15.5. The summed E-state index contributed by atoms with van der Waals surface area (Å²) < 4.78 is 12.8. The lowest BCUT2D eigenvalue weighted by Gasteiger charge is -2.53. The molecule has 146 valence electrons. The van der Waals surface area contributed by atoms with Crippen molar-refractivity contribution in [2.24, 2.45) is 5.92 Å². The fraction of sp³-hybridized carbons (Fsp3) is 0.476. The SMILES string of the molecule is O=C(c1cccnn1)N1CCC2(CC1)Oc1ccc(Cl)cc1[C@H]1OCCC[C@@H]12. The van der Waals surface area contributed by atoms with Crippen LogP contribution in [0.25, 0.3) is 0 Å². The van der Waals surface area contributed by atoms with Crippen LogP contribution in [0.4, 0.5) is 0 Å². The third-order valence-corrected chi connectivity index (χ3v) is 6.51. The molecule has 2 saturated heterocycles. The molecule has 3 aliphatic rings. The van der Waals surface area contributed by atoms with E-state index in [1.54, 1.807) is 18.3 Å². The Kier molecular flexibility index (Phi) is 4.48. The Morgan fingerprint density at radius 3 is 2.89 bits per heavy atom. The van der Waals surface area contributed by atoms with Gasteiger partial charge in [-0.3, -0.25) is 4.79 Å². The molecule has 7 heteroatoms. The van der Waals surface area contributed by atoms with Crippen LogP contribution in [0, 0.1) is 5.92 Å². The number of carbonyl (C=O) groups is 1. The van der Waals surface area contributed by atoms with E-state index in [0.717, 1.165) is 43.6 Å². The fourth-order valence-corrected chi connectivity index (χ4v) is 5.08. The molecule has 0 radical (unpaired) electrons. The molecular formula is C21H22ClN3O3. The van der Waals surface area contributed by atoms with E-state index >= 15 is 0 Å². The monoisotopic (exact) mass is 399 g/mol. The first-order valence-electron chi connectivity index (χ1n) is 9.83. The Morgan fingerprint density at radius 2 is 2.11 bits per heavy atom. The molecule has 1 amide bonds. The average molecular weight is 400 g/mol. The van der Waals surface area contributed by atoms with Gasteiger partial charge in [0, 0.05) is 55.2 Å². The Hall–Kier alpha value is -2.18. The summed E-state index contributed by atoms with van der Waals surface area (Å²) >= 11 is 6.23. The molecule has 4 heterocycles. The average Bonchev–Trinajstić information content (AvgIpc) is 2.75. The van der Waals surface area contributed by atoms with E-state index in [0.29, 0.717) is 23.8 Å². The van der Waals surface area contributed by atoms with Crippen molar-refractivity contribution < 1.29 is 14.3 Å². The maximum Gasteiger partial charge on any atom is 0.274 e. The first-order chi connectivity index (χ1) is 13.7. The van der Waals surface area contributed by atoms with E-state index in [1.807, 2.05) is 23.1 Å². The summed E-state index contributed by atoms with van der Waals surface area (Å²) in [6, 6.07) is 9.23. The lowest BCUT2D eigenvalue weighted by Crippen LogP contribution is -2.57. The van der Waals surface area contributed by atoms with Crippen molar-refractivity contribution in [3.63, 3.8) is 0 Å². The summed E-state index contributed by atoms with van der Waals surface area (Å²) in [5.41, 5.74) is 1.15. The summed E-state index contributed by atoms with van der Waals surface area (Å²) in [7, 11) is 0. The molecule has 2 aromatic rings. The normalized spacial score (nSPS) is 25.5. The van der Waals surface area contributed by atoms with Gasteiger partial charge >= 0.3 is 0 Å². The Labute approximate surface area is 168 Å². The minimum absolute atomic E-state index is 0.0124. The molecule has 1 aromatic heterocycles. The number of carbonyl (C=O) groups excluding carboxylic acids is 1. The number of hydrogen-bond acceptors (Lipinski definition) is 5. The van der Waals surface area contributed by atoms with E-state index in [-0.39, 0.29) is 23.5 Å². The lowest BCUT2D eigenvalue weighted by atomic mass is 9.70. The third kappa shape index (κ3) is 2.95. The zero-order valence-corrected chi connectivity index (χ0v) is 16.3. The van der Waals surface area contributed by atoms with Crippen molar-refractivity contribution in [1.29, 1.82) is 0 Å². The highest BCUT2D eigenvalue weighted by atomic mass is 35.5. The highest BCUT2D eigenvalue weighted by Crippen LogP contribution is 2.53. The van der Waals surface area contributed by atoms with Gasteiger partial charge in [-0.05, 0) is 43.2 Å². The van der Waals surface area contributed by atoms with Gasteiger partial charge < -0.3 is 14.4 Å². The molecule has 0 unspecified atom stereocenters. The number of aromatic nitrogens is 2. The number of piperidine rings is 1. The van der Waals surface area contributed by atoms with Gasteiger partial charge in [-0.2, -0.15) is 5.10 Å². The van der Waals surface area contributed by atoms with E-state index < -0.39 is 0 Å². The van der Waals surface area contributed by atoms with Crippen LogP contribution in [0.3, 0.4) is 0 Å². The van der Waals surface area contributed by atoms with E-state index in [1.165, 1.54) is 0 Å². The maximum absolute atomic E-state index is 12.7. The van der Waals surface area contributed by atoms with Gasteiger partial charge in [-0.15, -0.1) is 5.10 Å². The van der Waals surface area contributed by atoms with Crippen LogP contribution in [0.2, 0.25) is 5.02 Å². The highest BCUT2D eigenvalue weighted by molar-refractivity contribution is 6.30. The molecule has 1 aromatic carbocycles. The predicted molar refractivity (Wildman–Crippen MR) is 103 cm³/mol. The van der Waals surface area contributed by atoms with Gasteiger partial charge in [0.25, 0.3) is 5.91 Å². The summed E-state index contributed by atoms with van der Waals surface area (Å²) in [5.74, 6) is 1.07. The van der Waals surface area contributed by atoms with E-state index in [2.05, 4.69) is 10.2 Å². The highest BCUT2D eigenvalue weighted by Gasteiger charge is 2.52. The molecule has 0 N–H and O–H groups in total. The van der Waals surface area contributed by atoms with Crippen LogP contribution in [0.15, 0.2) is 36.5 Å². The first kappa shape index (κ1) is 17.9. The zero-order chi connectivity index (χ0) is 19.1. The van der Waals surface area contributed by atoms with Gasteiger partial charge in [-0.1, -0.05) is 11.6 Å². The second-order valence-corrected chi connectivity index (χ2v) is 8.23. The van der Waals surface area contributed by atoms with Crippen molar-refractivity contribution >= 4 is 17.5 Å². The van der Waals surface area contributed by atoms with E-state index in [9.17, 15) is 4.79 Å². The molecule has 28 heavy (non-hydrogen) atoms. The number of benzene rings is 1. The molecule has 1 spiro atoms. The second kappa shape index (κ2) is 7.01. The summed E-state index contributed by atoms with van der Waals surface area (Å²) in [5, 5.41) is 8.48. The molecule has 3 aliphatic heterocycles. The molecule has 5 rings (SSSR count). The van der Waals surface area contributed by atoms with Gasteiger partial charge in [0.1, 0.15) is 11.4 Å². The van der Waals surface area contributed by atoms with E-state index in [4.69, 9.17) is 21.1 Å². The van der Waals surface area contributed by atoms with Crippen LogP contribution >= 0.6 is 11.6 Å². The number of nitrogens with zero attached hydrogens (tertiary/aromatic N) is 3. The number of hydrogen-bond donors (Lipinski definition) is 0. The molecule has 0 bridgehead atoms. The molecular weight excluding hydrogens is 378 g/mol. The number of ether oxygens (including phenoxy) is 2. The largest absolute Gasteiger partial charge is 0.486 e. The summed E-state index contributed by atoms with van der Waals surface area (Å²) in [6.07, 6.45) is 5.25. The van der Waals surface area contributed by atoms with Gasteiger partial charge in [0.05, 0.1) is 6.10 Å². The number of amides is 1. The number of rotatable bonds is 1. The van der Waals surface area contributed by atoms with Gasteiger partial charge in [0.15, 0.2) is 5.69 Å². The first-order valence-corrected chi connectivity index (χ1v) is 10.2. The molecule has 0 saturated carbocycles. The number of halogens is 1. The Balaban J connectivity index is 1.40. The molecule has 0 aliphatic carbocycles. The van der Waals surface area contributed by atoms with Crippen molar-refractivity contribution in [2.45, 2.75) is 37.4 Å². The van der Waals surface area contributed by atoms with Crippen molar-refractivity contribution in [2.75, 3.05) is 19.7 Å². The Morgan fingerprint density at radius 1 is 1.25 bits per heavy atom. The second-order valence-electron chi connectivity index (χ2n) is 7.79. The van der Waals surface area contributed by atoms with Crippen LogP contribution in [0.5, 0.6) is 5.75 Å². The standard InChI is InChI=1S/C21H22ClN3O3/c22-14-5-6-18-15(13-14)19-16(3-2-12-27-19)21(28-18)7-10-25(11-8-21)20(26)17-4-1-9-23-24-17/h1,4-6,9,13,16,19H,2-3,7-8,10-12H2/t16-,19+/m0/s1. The maximum atomic E-state index is 12.7. The fourth-order valence-electron chi connectivity index (χ4n) is 4.89. The quantitative estimate of drug-likeness (QED) is 0.732. The van der Waals surface area contributed by atoms with Gasteiger partial charge in [0.2, 0.25) is 0 Å². The number of likely N-dealkylation sites (tertiary alicyclic amines) is 1. The number of fused-ring (bicyclic) bond motifs is 4. The molecule has 2 atom stereocenters. The third-order valence-electron chi connectivity index (χ3n) is 6.28. The van der Waals surface area contributed by atoms with Crippen LogP contribution in [-0.4, -0.2) is 46.3 Å². The van der Waals surface area contributed by atoms with Crippen LogP contribution in [0.1, 0.15) is 47.8 Å². The summed E-state index contributed by atoms with van der Waals surface area (Å²) in [6.45, 7) is 2.05. The van der Waals surface area contributed by atoms with Crippen molar-refractivity contribution in [3.8, 4) is 5.75 Å².